The quantitative estimate of drug-likeness (QED) is 0.760. The second-order valence-corrected chi connectivity index (χ2v) is 4.03. The number of nitrogens with zero attached hydrogens (tertiary/aromatic N) is 2. The zero-order valence-corrected chi connectivity index (χ0v) is 10.6. The van der Waals surface area contributed by atoms with Gasteiger partial charge in [0, 0.05) is 30.9 Å². The van der Waals surface area contributed by atoms with E-state index in [1.165, 1.54) is 17.1 Å². The maximum Gasteiger partial charge on any atom is 0.258 e. The molecule has 4 heteroatoms. The first-order valence-corrected chi connectivity index (χ1v) is 6.08. The largest absolute Gasteiger partial charge is 0.372 e. The molecule has 0 aliphatic carbocycles. The minimum Gasteiger partial charge on any atom is -0.372 e. The summed E-state index contributed by atoms with van der Waals surface area (Å²) >= 11 is 0. The standard InChI is InChI=1S/C14H16N2O2/c1-3-15(4-2)11-5-7-12(8-6-11)16-13(17)9-10-14(16)18/h5-10H,3-4H2,1-2H3. The second-order valence-electron chi connectivity index (χ2n) is 4.03. The van der Waals surface area contributed by atoms with Crippen molar-refractivity contribution >= 4 is 23.2 Å². The van der Waals surface area contributed by atoms with E-state index in [0.717, 1.165) is 18.8 Å². The number of anilines is 2. The highest BCUT2D eigenvalue weighted by Gasteiger charge is 2.24. The van der Waals surface area contributed by atoms with E-state index < -0.39 is 0 Å². The summed E-state index contributed by atoms with van der Waals surface area (Å²) in [5.74, 6) is -0.564. The summed E-state index contributed by atoms with van der Waals surface area (Å²) in [6.45, 7) is 6.04. The molecule has 1 aliphatic rings. The summed E-state index contributed by atoms with van der Waals surface area (Å²) < 4.78 is 0. The highest BCUT2D eigenvalue weighted by atomic mass is 16.2. The van der Waals surface area contributed by atoms with Crippen LogP contribution < -0.4 is 9.80 Å². The van der Waals surface area contributed by atoms with Gasteiger partial charge >= 0.3 is 0 Å². The van der Waals surface area contributed by atoms with E-state index >= 15 is 0 Å². The smallest absolute Gasteiger partial charge is 0.258 e. The second kappa shape index (κ2) is 5.04. The van der Waals surface area contributed by atoms with Crippen LogP contribution in [0.2, 0.25) is 0 Å². The Bertz CT molecular complexity index is 469. The van der Waals surface area contributed by atoms with Crippen molar-refractivity contribution < 1.29 is 9.59 Å². The van der Waals surface area contributed by atoms with Gasteiger partial charge in [0.15, 0.2) is 0 Å². The minimum absolute atomic E-state index is 0.282. The maximum atomic E-state index is 11.5. The molecule has 1 heterocycles. The summed E-state index contributed by atoms with van der Waals surface area (Å²) in [6.07, 6.45) is 2.58. The van der Waals surface area contributed by atoms with Crippen LogP contribution in [0.4, 0.5) is 11.4 Å². The van der Waals surface area contributed by atoms with Crippen molar-refractivity contribution in [1.82, 2.24) is 0 Å². The Balaban J connectivity index is 2.23. The van der Waals surface area contributed by atoms with Crippen molar-refractivity contribution in [2.45, 2.75) is 13.8 Å². The number of imide groups is 1. The van der Waals surface area contributed by atoms with Gasteiger partial charge in [0.1, 0.15) is 0 Å². The molecule has 0 saturated heterocycles. The van der Waals surface area contributed by atoms with E-state index in [1.807, 2.05) is 12.1 Å². The third-order valence-electron chi connectivity index (χ3n) is 3.05. The van der Waals surface area contributed by atoms with E-state index in [9.17, 15) is 9.59 Å². The molecule has 0 radical (unpaired) electrons. The van der Waals surface area contributed by atoms with Crippen molar-refractivity contribution in [2.75, 3.05) is 22.9 Å². The summed E-state index contributed by atoms with van der Waals surface area (Å²) in [6, 6.07) is 7.47. The predicted molar refractivity (Wildman–Crippen MR) is 71.6 cm³/mol. The molecule has 94 valence electrons. The van der Waals surface area contributed by atoms with Crippen molar-refractivity contribution in [3.8, 4) is 0 Å². The zero-order valence-electron chi connectivity index (χ0n) is 10.6. The predicted octanol–water partition coefficient (Wildman–Crippen LogP) is 1.96. The van der Waals surface area contributed by atoms with Gasteiger partial charge in [0.2, 0.25) is 0 Å². The van der Waals surface area contributed by atoms with E-state index in [4.69, 9.17) is 0 Å². The number of hydrogen-bond donors (Lipinski definition) is 0. The van der Waals surface area contributed by atoms with Gasteiger partial charge in [-0.25, -0.2) is 4.90 Å². The highest BCUT2D eigenvalue weighted by Crippen LogP contribution is 2.23. The van der Waals surface area contributed by atoms with Gasteiger partial charge in [-0.05, 0) is 38.1 Å². The van der Waals surface area contributed by atoms with Gasteiger partial charge < -0.3 is 4.90 Å². The molecular formula is C14H16N2O2. The molecule has 0 spiro atoms. The summed E-state index contributed by atoms with van der Waals surface area (Å²) in [5.41, 5.74) is 1.71. The van der Waals surface area contributed by atoms with Crippen molar-refractivity contribution in [2.24, 2.45) is 0 Å². The van der Waals surface area contributed by atoms with Crippen LogP contribution in [0, 0.1) is 0 Å². The fraction of sp³-hybridized carbons (Fsp3) is 0.286. The number of carbonyl (C=O) groups is 2. The highest BCUT2D eigenvalue weighted by molar-refractivity contribution is 6.28. The lowest BCUT2D eigenvalue weighted by Gasteiger charge is -2.22. The molecule has 0 N–H and O–H groups in total. The molecule has 0 fully saturated rings. The van der Waals surface area contributed by atoms with Crippen LogP contribution in [0.5, 0.6) is 0 Å². The Hall–Kier alpha value is -2.10. The number of carbonyl (C=O) groups excluding carboxylic acids is 2. The average Bonchev–Trinajstić information content (AvgIpc) is 2.72. The monoisotopic (exact) mass is 244 g/mol. The van der Waals surface area contributed by atoms with Crippen LogP contribution in [-0.4, -0.2) is 24.9 Å². The van der Waals surface area contributed by atoms with Crippen LogP contribution in [0.15, 0.2) is 36.4 Å². The Morgan fingerprint density at radius 1 is 0.944 bits per heavy atom. The lowest BCUT2D eigenvalue weighted by Crippen LogP contribution is -2.29. The van der Waals surface area contributed by atoms with Gasteiger partial charge in [-0.3, -0.25) is 9.59 Å². The minimum atomic E-state index is -0.282. The molecule has 2 amide bonds. The van der Waals surface area contributed by atoms with Crippen LogP contribution in [0.25, 0.3) is 0 Å². The van der Waals surface area contributed by atoms with E-state index in [0.29, 0.717) is 5.69 Å². The number of amides is 2. The number of rotatable bonds is 4. The molecule has 0 atom stereocenters. The Labute approximate surface area is 106 Å². The van der Waals surface area contributed by atoms with Gasteiger partial charge in [-0.1, -0.05) is 0 Å². The third kappa shape index (κ3) is 2.14. The first kappa shape index (κ1) is 12.4. The molecule has 0 unspecified atom stereocenters. The molecule has 18 heavy (non-hydrogen) atoms. The summed E-state index contributed by atoms with van der Waals surface area (Å²) in [7, 11) is 0. The fourth-order valence-corrected chi connectivity index (χ4v) is 2.06. The Kier molecular flexibility index (Phi) is 3.46. The molecule has 1 aromatic carbocycles. The molecular weight excluding hydrogens is 228 g/mol. The fourth-order valence-electron chi connectivity index (χ4n) is 2.06. The van der Waals surface area contributed by atoms with Gasteiger partial charge in [0.05, 0.1) is 5.69 Å². The van der Waals surface area contributed by atoms with Crippen LogP contribution in [0.3, 0.4) is 0 Å². The van der Waals surface area contributed by atoms with Crippen molar-refractivity contribution in [3.05, 3.63) is 36.4 Å². The summed E-state index contributed by atoms with van der Waals surface area (Å²) in [5, 5.41) is 0. The third-order valence-corrected chi connectivity index (χ3v) is 3.05. The van der Waals surface area contributed by atoms with E-state index in [1.54, 1.807) is 12.1 Å². The normalized spacial score (nSPS) is 14.4. The van der Waals surface area contributed by atoms with Gasteiger partial charge in [-0.2, -0.15) is 0 Å². The molecule has 1 aromatic rings. The lowest BCUT2D eigenvalue weighted by atomic mass is 10.2. The molecule has 0 bridgehead atoms. The first-order chi connectivity index (χ1) is 8.67. The molecule has 0 aromatic heterocycles. The number of benzene rings is 1. The van der Waals surface area contributed by atoms with Crippen LogP contribution in [-0.2, 0) is 9.59 Å². The van der Waals surface area contributed by atoms with Gasteiger partial charge in [0.25, 0.3) is 11.8 Å². The van der Waals surface area contributed by atoms with Crippen LogP contribution in [0.1, 0.15) is 13.8 Å². The SMILES string of the molecule is CCN(CC)c1ccc(N2C(=O)C=CC2=O)cc1. The molecule has 1 aliphatic heterocycles. The molecule has 2 rings (SSSR count). The zero-order chi connectivity index (χ0) is 13.1. The number of hydrogen-bond acceptors (Lipinski definition) is 3. The van der Waals surface area contributed by atoms with Crippen LogP contribution >= 0.6 is 0 Å². The lowest BCUT2D eigenvalue weighted by molar-refractivity contribution is -0.119. The van der Waals surface area contributed by atoms with Crippen molar-refractivity contribution in [3.63, 3.8) is 0 Å². The average molecular weight is 244 g/mol. The molecule has 4 nitrogen and oxygen atoms in total. The molecule has 0 saturated carbocycles. The maximum absolute atomic E-state index is 11.5. The Morgan fingerprint density at radius 2 is 1.44 bits per heavy atom. The van der Waals surface area contributed by atoms with Crippen molar-refractivity contribution in [1.29, 1.82) is 0 Å². The van der Waals surface area contributed by atoms with E-state index in [2.05, 4.69) is 18.7 Å². The van der Waals surface area contributed by atoms with Gasteiger partial charge in [-0.15, -0.1) is 0 Å². The van der Waals surface area contributed by atoms with E-state index in [-0.39, 0.29) is 11.8 Å². The first-order valence-electron chi connectivity index (χ1n) is 6.08. The Morgan fingerprint density at radius 3 is 1.89 bits per heavy atom. The topological polar surface area (TPSA) is 40.6 Å². The summed E-state index contributed by atoms with van der Waals surface area (Å²) in [4.78, 5) is 26.4.